The Morgan fingerprint density at radius 1 is 1.24 bits per heavy atom. The summed E-state index contributed by atoms with van der Waals surface area (Å²) in [5.41, 5.74) is -1.31. The molecule has 2 aliphatic rings. The number of carboxylic acids is 1. The van der Waals surface area contributed by atoms with Crippen molar-refractivity contribution in [3.63, 3.8) is 0 Å². The second kappa shape index (κ2) is 6.00. The summed E-state index contributed by atoms with van der Waals surface area (Å²) in [7, 11) is 0. The van der Waals surface area contributed by atoms with Gasteiger partial charge in [0.2, 0.25) is 5.91 Å². The van der Waals surface area contributed by atoms with Crippen LogP contribution in [0.2, 0.25) is 0 Å². The highest BCUT2D eigenvalue weighted by Gasteiger charge is 2.59. The van der Waals surface area contributed by atoms with Crippen LogP contribution in [0.15, 0.2) is 0 Å². The van der Waals surface area contributed by atoms with Crippen LogP contribution in [0.5, 0.6) is 0 Å². The molecule has 1 aliphatic heterocycles. The number of carbonyl (C=O) groups is 4. The standard InChI is InChI=1S/C13H17NO5S2/c15-9-1-2-10(16)13(9)3-8(12(18)19)14(6-13)11(17)7(4-20)5-21/h7-8,20-21H,1-6H2,(H,18,19)/t8-/m0/s1. The van der Waals surface area contributed by atoms with Crippen LogP contribution in [0.1, 0.15) is 19.3 Å². The van der Waals surface area contributed by atoms with E-state index < -0.39 is 29.3 Å². The maximum atomic E-state index is 12.4. The van der Waals surface area contributed by atoms with Crippen molar-refractivity contribution in [3.8, 4) is 0 Å². The van der Waals surface area contributed by atoms with Crippen LogP contribution in [0, 0.1) is 11.3 Å². The Bertz CT molecular complexity index is 487. The molecule has 0 aromatic rings. The lowest BCUT2D eigenvalue weighted by molar-refractivity contribution is -0.149. The zero-order chi connectivity index (χ0) is 15.8. The van der Waals surface area contributed by atoms with E-state index in [9.17, 15) is 24.3 Å². The average Bonchev–Trinajstić information content (AvgIpc) is 2.98. The predicted octanol–water partition coefficient (Wildman–Crippen LogP) is 0.0661. The summed E-state index contributed by atoms with van der Waals surface area (Å²) < 4.78 is 0. The Labute approximate surface area is 133 Å². The molecule has 1 aliphatic carbocycles. The highest BCUT2D eigenvalue weighted by atomic mass is 32.1. The van der Waals surface area contributed by atoms with Crippen LogP contribution in [-0.4, -0.2) is 57.5 Å². The summed E-state index contributed by atoms with van der Waals surface area (Å²) >= 11 is 8.14. The van der Waals surface area contributed by atoms with Crippen molar-refractivity contribution in [2.24, 2.45) is 11.3 Å². The van der Waals surface area contributed by atoms with Crippen molar-refractivity contribution in [1.29, 1.82) is 0 Å². The highest BCUT2D eigenvalue weighted by molar-refractivity contribution is 7.81. The van der Waals surface area contributed by atoms with E-state index in [2.05, 4.69) is 25.3 Å². The van der Waals surface area contributed by atoms with Gasteiger partial charge in [0.05, 0.1) is 5.92 Å². The lowest BCUT2D eigenvalue weighted by atomic mass is 9.82. The number of nitrogens with zero attached hydrogens (tertiary/aromatic N) is 1. The second-order valence-corrected chi connectivity index (χ2v) is 6.25. The maximum Gasteiger partial charge on any atom is 0.326 e. The molecule has 1 spiro atoms. The summed E-state index contributed by atoms with van der Waals surface area (Å²) in [6.07, 6.45) is 0.156. The minimum Gasteiger partial charge on any atom is -0.480 e. The maximum absolute atomic E-state index is 12.4. The van der Waals surface area contributed by atoms with Gasteiger partial charge in [0, 0.05) is 30.9 Å². The molecule has 1 saturated heterocycles. The van der Waals surface area contributed by atoms with E-state index in [0.717, 1.165) is 4.90 Å². The third kappa shape index (κ3) is 2.59. The van der Waals surface area contributed by atoms with Crippen LogP contribution >= 0.6 is 25.3 Å². The minimum absolute atomic E-state index is 0.113. The van der Waals surface area contributed by atoms with E-state index in [-0.39, 0.29) is 48.9 Å². The molecule has 1 amide bonds. The molecule has 1 saturated carbocycles. The van der Waals surface area contributed by atoms with Gasteiger partial charge >= 0.3 is 5.97 Å². The average molecular weight is 331 g/mol. The smallest absolute Gasteiger partial charge is 0.326 e. The number of thiol groups is 2. The van der Waals surface area contributed by atoms with Crippen molar-refractivity contribution in [2.75, 3.05) is 18.1 Å². The fourth-order valence-corrected chi connectivity index (χ4v) is 3.85. The van der Waals surface area contributed by atoms with E-state index in [4.69, 9.17) is 0 Å². The number of rotatable bonds is 4. The lowest BCUT2D eigenvalue weighted by Gasteiger charge is -2.26. The first-order chi connectivity index (χ1) is 9.87. The molecule has 0 aromatic carbocycles. The van der Waals surface area contributed by atoms with Crippen molar-refractivity contribution < 1.29 is 24.3 Å². The van der Waals surface area contributed by atoms with Crippen molar-refractivity contribution in [3.05, 3.63) is 0 Å². The molecule has 0 aromatic heterocycles. The highest BCUT2D eigenvalue weighted by Crippen LogP contribution is 2.43. The Hall–Kier alpha value is -1.02. The molecule has 1 atom stereocenters. The number of ketones is 2. The zero-order valence-electron chi connectivity index (χ0n) is 11.3. The molecule has 8 heteroatoms. The molecule has 2 rings (SSSR count). The van der Waals surface area contributed by atoms with Crippen LogP contribution in [0.3, 0.4) is 0 Å². The quantitative estimate of drug-likeness (QED) is 0.501. The Morgan fingerprint density at radius 2 is 1.76 bits per heavy atom. The van der Waals surface area contributed by atoms with Crippen LogP contribution in [0.4, 0.5) is 0 Å². The van der Waals surface area contributed by atoms with Crippen LogP contribution in [0.25, 0.3) is 0 Å². The van der Waals surface area contributed by atoms with Gasteiger partial charge in [0.25, 0.3) is 0 Å². The molecule has 1 heterocycles. The molecular formula is C13H17NO5S2. The normalized spacial score (nSPS) is 24.3. The molecular weight excluding hydrogens is 314 g/mol. The third-order valence-corrected chi connectivity index (χ3v) is 5.24. The van der Waals surface area contributed by atoms with Gasteiger partial charge in [-0.1, -0.05) is 0 Å². The fourth-order valence-electron chi connectivity index (χ4n) is 3.07. The van der Waals surface area contributed by atoms with Gasteiger partial charge in [-0.2, -0.15) is 25.3 Å². The minimum atomic E-state index is -1.31. The molecule has 116 valence electrons. The first-order valence-electron chi connectivity index (χ1n) is 6.69. The summed E-state index contributed by atoms with van der Waals surface area (Å²) in [4.78, 5) is 49.1. The fraction of sp³-hybridized carbons (Fsp3) is 0.692. The summed E-state index contributed by atoms with van der Waals surface area (Å²) in [5.74, 6) is -2.15. The van der Waals surface area contributed by atoms with Crippen LogP contribution < -0.4 is 0 Å². The van der Waals surface area contributed by atoms with E-state index >= 15 is 0 Å². The predicted molar refractivity (Wildman–Crippen MR) is 80.6 cm³/mol. The number of hydrogen-bond acceptors (Lipinski definition) is 6. The molecule has 21 heavy (non-hydrogen) atoms. The van der Waals surface area contributed by atoms with Gasteiger partial charge < -0.3 is 10.0 Å². The molecule has 0 radical (unpaired) electrons. The monoisotopic (exact) mass is 331 g/mol. The summed E-state index contributed by atoms with van der Waals surface area (Å²) in [5, 5.41) is 9.32. The Kier molecular flexibility index (Phi) is 4.67. The van der Waals surface area contributed by atoms with E-state index in [0.29, 0.717) is 0 Å². The van der Waals surface area contributed by atoms with Gasteiger partial charge in [-0.15, -0.1) is 0 Å². The number of Topliss-reactive ketones (excluding diaryl/α,β-unsaturated/α-hetero) is 2. The van der Waals surface area contributed by atoms with E-state index in [1.54, 1.807) is 0 Å². The number of likely N-dealkylation sites (tertiary alicyclic amines) is 1. The first-order valence-corrected chi connectivity index (χ1v) is 7.95. The van der Waals surface area contributed by atoms with E-state index in [1.807, 2.05) is 0 Å². The molecule has 0 bridgehead atoms. The summed E-state index contributed by atoms with van der Waals surface area (Å²) in [6.45, 7) is -0.126. The lowest BCUT2D eigenvalue weighted by Crippen LogP contribution is -2.45. The Balaban J connectivity index is 2.32. The Morgan fingerprint density at radius 3 is 2.19 bits per heavy atom. The molecule has 1 N–H and O–H groups in total. The SMILES string of the molecule is O=C(O)[C@@H]1CC2(CN1C(=O)C(CS)CS)C(=O)CCC2=O. The molecule has 0 unspecified atom stereocenters. The van der Waals surface area contributed by atoms with Gasteiger partial charge in [0.1, 0.15) is 23.0 Å². The molecule has 2 fully saturated rings. The van der Waals surface area contributed by atoms with Gasteiger partial charge in [-0.25, -0.2) is 4.79 Å². The summed E-state index contributed by atoms with van der Waals surface area (Å²) in [6, 6.07) is -1.13. The largest absolute Gasteiger partial charge is 0.480 e. The first kappa shape index (κ1) is 16.4. The zero-order valence-corrected chi connectivity index (χ0v) is 13.1. The van der Waals surface area contributed by atoms with Crippen molar-refractivity contribution in [1.82, 2.24) is 4.90 Å². The number of carbonyl (C=O) groups excluding carboxylic acids is 3. The van der Waals surface area contributed by atoms with Crippen molar-refractivity contribution >= 4 is 48.7 Å². The van der Waals surface area contributed by atoms with Crippen molar-refractivity contribution in [2.45, 2.75) is 25.3 Å². The number of amides is 1. The number of aliphatic carboxylic acids is 1. The van der Waals surface area contributed by atoms with Gasteiger partial charge in [-0.3, -0.25) is 14.4 Å². The van der Waals surface area contributed by atoms with Crippen LogP contribution in [-0.2, 0) is 19.2 Å². The van der Waals surface area contributed by atoms with Gasteiger partial charge in [0.15, 0.2) is 0 Å². The number of carboxylic acid groups (broad SMARTS) is 1. The van der Waals surface area contributed by atoms with E-state index in [1.165, 1.54) is 0 Å². The number of hydrogen-bond donors (Lipinski definition) is 3. The second-order valence-electron chi connectivity index (χ2n) is 5.51. The third-order valence-electron chi connectivity index (χ3n) is 4.36. The van der Waals surface area contributed by atoms with Gasteiger partial charge in [-0.05, 0) is 6.42 Å². The molecule has 6 nitrogen and oxygen atoms in total. The topological polar surface area (TPSA) is 91.8 Å².